The van der Waals surface area contributed by atoms with Crippen LogP contribution in [0.3, 0.4) is 0 Å². The minimum absolute atomic E-state index is 0.284. The van der Waals surface area contributed by atoms with Crippen LogP contribution < -0.4 is 5.32 Å². The molecule has 0 aromatic heterocycles. The van der Waals surface area contributed by atoms with Gasteiger partial charge in [0.2, 0.25) is 0 Å². The average molecular weight is 193 g/mol. The molecule has 1 aliphatic rings. The zero-order valence-electron chi connectivity index (χ0n) is 8.94. The summed E-state index contributed by atoms with van der Waals surface area (Å²) in [5.41, 5.74) is 0. The molecule has 2 heteroatoms. The van der Waals surface area contributed by atoms with E-state index >= 15 is 0 Å². The van der Waals surface area contributed by atoms with Crippen molar-refractivity contribution in [1.29, 1.82) is 0 Å². The summed E-state index contributed by atoms with van der Waals surface area (Å²) in [7, 11) is 0. The Morgan fingerprint density at radius 1 is 1.50 bits per heavy atom. The van der Waals surface area contributed by atoms with Gasteiger partial charge in [0.05, 0.1) is 6.42 Å². The summed E-state index contributed by atoms with van der Waals surface area (Å²) in [5.74, 6) is 5.85. The molecule has 1 saturated heterocycles. The van der Waals surface area contributed by atoms with Crippen LogP contribution in [0.25, 0.3) is 0 Å². The van der Waals surface area contributed by atoms with Gasteiger partial charge in [-0.3, -0.25) is 4.79 Å². The fourth-order valence-electron chi connectivity index (χ4n) is 1.78. The maximum absolute atomic E-state index is 11.3. The molecule has 0 bridgehead atoms. The standard InChI is InChI=1S/C12H19NO/c1-2-3-7-12(14)9-8-11-6-4-5-10-13-11/h11,13H,4-10H2,1H3. The number of carbonyl (C=O) groups is 1. The predicted octanol–water partition coefficient (Wildman–Crippen LogP) is 1.89. The van der Waals surface area contributed by atoms with Crippen LogP contribution in [0.2, 0.25) is 0 Å². The van der Waals surface area contributed by atoms with Crippen molar-refractivity contribution in [3.05, 3.63) is 0 Å². The molecule has 0 aliphatic carbocycles. The molecule has 0 saturated carbocycles. The van der Waals surface area contributed by atoms with E-state index in [4.69, 9.17) is 0 Å². The van der Waals surface area contributed by atoms with Crippen LogP contribution in [0.5, 0.6) is 0 Å². The fourth-order valence-corrected chi connectivity index (χ4v) is 1.78. The highest BCUT2D eigenvalue weighted by Crippen LogP contribution is 2.12. The second kappa shape index (κ2) is 6.62. The fraction of sp³-hybridized carbons (Fsp3) is 0.750. The Morgan fingerprint density at radius 2 is 2.36 bits per heavy atom. The number of piperidine rings is 1. The van der Waals surface area contributed by atoms with Crippen LogP contribution in [0.1, 0.15) is 45.4 Å². The molecule has 1 heterocycles. The van der Waals surface area contributed by atoms with Gasteiger partial charge in [0.25, 0.3) is 0 Å². The summed E-state index contributed by atoms with van der Waals surface area (Å²) in [6, 6.07) is 0.572. The Kier molecular flexibility index (Phi) is 5.32. The summed E-state index contributed by atoms with van der Waals surface area (Å²) in [6.45, 7) is 2.89. The SMILES string of the molecule is CC#CCC(=O)CCC1CCCCN1. The third kappa shape index (κ3) is 4.43. The number of hydrogen-bond donors (Lipinski definition) is 1. The van der Waals surface area contributed by atoms with E-state index in [9.17, 15) is 4.79 Å². The Labute approximate surface area is 86.5 Å². The molecule has 14 heavy (non-hydrogen) atoms. The van der Waals surface area contributed by atoms with Crippen LogP contribution in [0.15, 0.2) is 0 Å². The third-order valence-electron chi connectivity index (χ3n) is 2.65. The van der Waals surface area contributed by atoms with Crippen molar-refractivity contribution in [2.75, 3.05) is 6.54 Å². The highest BCUT2D eigenvalue weighted by Gasteiger charge is 2.13. The lowest BCUT2D eigenvalue weighted by Crippen LogP contribution is -2.34. The maximum atomic E-state index is 11.3. The lowest BCUT2D eigenvalue weighted by atomic mass is 9.99. The molecule has 1 rings (SSSR count). The molecule has 1 unspecified atom stereocenters. The monoisotopic (exact) mass is 193 g/mol. The predicted molar refractivity (Wildman–Crippen MR) is 57.9 cm³/mol. The zero-order valence-corrected chi connectivity index (χ0v) is 8.94. The van der Waals surface area contributed by atoms with Crippen LogP contribution in [-0.2, 0) is 4.79 Å². The quantitative estimate of drug-likeness (QED) is 0.691. The smallest absolute Gasteiger partial charge is 0.144 e. The summed E-state index contributed by atoms with van der Waals surface area (Å²) >= 11 is 0. The van der Waals surface area contributed by atoms with E-state index in [0.29, 0.717) is 18.9 Å². The van der Waals surface area contributed by atoms with Crippen molar-refractivity contribution in [1.82, 2.24) is 5.32 Å². The number of Topliss-reactive ketones (excluding diaryl/α,β-unsaturated/α-hetero) is 1. The van der Waals surface area contributed by atoms with Crippen molar-refractivity contribution in [3.63, 3.8) is 0 Å². The first kappa shape index (κ1) is 11.3. The first-order valence-electron chi connectivity index (χ1n) is 5.47. The molecule has 1 N–H and O–H groups in total. The highest BCUT2D eigenvalue weighted by atomic mass is 16.1. The lowest BCUT2D eigenvalue weighted by molar-refractivity contribution is -0.118. The van der Waals surface area contributed by atoms with E-state index in [1.54, 1.807) is 6.92 Å². The Morgan fingerprint density at radius 3 is 3.00 bits per heavy atom. The van der Waals surface area contributed by atoms with E-state index in [0.717, 1.165) is 13.0 Å². The van der Waals surface area contributed by atoms with Gasteiger partial charge >= 0.3 is 0 Å². The lowest BCUT2D eigenvalue weighted by Gasteiger charge is -2.22. The number of carbonyl (C=O) groups excluding carboxylic acids is 1. The van der Waals surface area contributed by atoms with Gasteiger partial charge in [0.15, 0.2) is 0 Å². The molecule has 1 fully saturated rings. The summed E-state index contributed by atoms with van der Waals surface area (Å²) in [4.78, 5) is 11.3. The van der Waals surface area contributed by atoms with Gasteiger partial charge in [-0.15, -0.1) is 5.92 Å². The van der Waals surface area contributed by atoms with Gasteiger partial charge in [-0.05, 0) is 32.7 Å². The molecule has 0 aromatic rings. The Hall–Kier alpha value is -0.810. The number of ketones is 1. The van der Waals surface area contributed by atoms with Gasteiger partial charge in [0, 0.05) is 12.5 Å². The van der Waals surface area contributed by atoms with Gasteiger partial charge in [-0.25, -0.2) is 0 Å². The van der Waals surface area contributed by atoms with Gasteiger partial charge in [-0.1, -0.05) is 12.3 Å². The molecule has 1 atom stereocenters. The molecule has 0 amide bonds. The normalized spacial score (nSPS) is 21.1. The summed E-state index contributed by atoms with van der Waals surface area (Å²) in [5, 5.41) is 3.44. The number of hydrogen-bond acceptors (Lipinski definition) is 2. The minimum Gasteiger partial charge on any atom is -0.314 e. The van der Waals surface area contributed by atoms with Crippen molar-refractivity contribution in [3.8, 4) is 11.8 Å². The molecular formula is C12H19NO. The minimum atomic E-state index is 0.284. The first-order valence-corrected chi connectivity index (χ1v) is 5.47. The van der Waals surface area contributed by atoms with Crippen molar-refractivity contribution in [2.45, 2.75) is 51.5 Å². The molecule has 2 nitrogen and oxygen atoms in total. The molecule has 78 valence electrons. The molecular weight excluding hydrogens is 174 g/mol. The van der Waals surface area contributed by atoms with E-state index in [2.05, 4.69) is 17.2 Å². The average Bonchev–Trinajstić information content (AvgIpc) is 2.25. The molecule has 1 aliphatic heterocycles. The molecule has 0 radical (unpaired) electrons. The van der Waals surface area contributed by atoms with Crippen molar-refractivity contribution < 1.29 is 4.79 Å². The zero-order chi connectivity index (χ0) is 10.2. The van der Waals surface area contributed by atoms with Gasteiger partial charge < -0.3 is 5.32 Å². The molecule has 0 aromatic carbocycles. The van der Waals surface area contributed by atoms with E-state index < -0.39 is 0 Å². The van der Waals surface area contributed by atoms with Crippen molar-refractivity contribution in [2.24, 2.45) is 0 Å². The maximum Gasteiger partial charge on any atom is 0.144 e. The van der Waals surface area contributed by atoms with Crippen LogP contribution >= 0.6 is 0 Å². The van der Waals surface area contributed by atoms with E-state index in [1.165, 1.54) is 19.3 Å². The van der Waals surface area contributed by atoms with Crippen LogP contribution in [0.4, 0.5) is 0 Å². The molecule has 0 spiro atoms. The summed E-state index contributed by atoms with van der Waals surface area (Å²) in [6.07, 6.45) is 5.93. The highest BCUT2D eigenvalue weighted by molar-refractivity contribution is 5.80. The summed E-state index contributed by atoms with van der Waals surface area (Å²) < 4.78 is 0. The van der Waals surface area contributed by atoms with Crippen molar-refractivity contribution >= 4 is 5.78 Å². The van der Waals surface area contributed by atoms with Crippen LogP contribution in [0, 0.1) is 11.8 Å². The largest absolute Gasteiger partial charge is 0.314 e. The van der Waals surface area contributed by atoms with Gasteiger partial charge in [0.1, 0.15) is 5.78 Å². The second-order valence-electron chi connectivity index (χ2n) is 3.83. The van der Waals surface area contributed by atoms with E-state index in [1.807, 2.05) is 0 Å². The van der Waals surface area contributed by atoms with Crippen LogP contribution in [-0.4, -0.2) is 18.4 Å². The Bertz CT molecular complexity index is 230. The van der Waals surface area contributed by atoms with Gasteiger partial charge in [-0.2, -0.15) is 0 Å². The topological polar surface area (TPSA) is 29.1 Å². The van der Waals surface area contributed by atoms with E-state index in [-0.39, 0.29) is 5.78 Å². The number of nitrogens with one attached hydrogen (secondary N) is 1. The first-order chi connectivity index (χ1) is 6.83. The number of rotatable bonds is 4. The Balaban J connectivity index is 2.11. The third-order valence-corrected chi connectivity index (χ3v) is 2.65. The second-order valence-corrected chi connectivity index (χ2v) is 3.83.